The molecular formula is C21H23N3O2S2. The van der Waals surface area contributed by atoms with E-state index in [1.54, 1.807) is 22.6 Å². The molecule has 28 heavy (non-hydrogen) atoms. The highest BCUT2D eigenvalue weighted by molar-refractivity contribution is 8.26. The van der Waals surface area contributed by atoms with Crippen LogP contribution in [0.1, 0.15) is 31.7 Å². The average Bonchev–Trinajstić information content (AvgIpc) is 3.31. The van der Waals surface area contributed by atoms with Gasteiger partial charge in [-0.3, -0.25) is 14.5 Å². The lowest BCUT2D eigenvalue weighted by Crippen LogP contribution is -2.29. The zero-order valence-electron chi connectivity index (χ0n) is 16.1. The Morgan fingerprint density at radius 2 is 1.89 bits per heavy atom. The number of rotatable bonds is 4. The molecule has 0 radical (unpaired) electrons. The van der Waals surface area contributed by atoms with E-state index in [0.717, 1.165) is 48.9 Å². The summed E-state index contributed by atoms with van der Waals surface area (Å²) in [6.45, 7) is 4.48. The van der Waals surface area contributed by atoms with Gasteiger partial charge in [-0.25, -0.2) is 0 Å². The van der Waals surface area contributed by atoms with Crippen molar-refractivity contribution in [1.82, 2.24) is 9.47 Å². The summed E-state index contributed by atoms with van der Waals surface area (Å²) in [7, 11) is 1.79. The Balaban J connectivity index is 1.93. The van der Waals surface area contributed by atoms with Crippen molar-refractivity contribution in [2.45, 2.75) is 26.2 Å². The highest BCUT2D eigenvalue weighted by Gasteiger charge is 2.32. The lowest BCUT2D eigenvalue weighted by atomic mass is 10.1. The van der Waals surface area contributed by atoms with Crippen LogP contribution in [0.4, 0.5) is 5.69 Å². The van der Waals surface area contributed by atoms with Gasteiger partial charge in [0.05, 0.1) is 21.7 Å². The number of fused-ring (bicyclic) bond motifs is 1. The maximum Gasteiger partial charge on any atom is 0.266 e. The molecule has 0 saturated carbocycles. The minimum absolute atomic E-state index is 0.0821. The number of carbonyl (C=O) groups excluding carboxylic acids is 1. The van der Waals surface area contributed by atoms with Gasteiger partial charge in [-0.05, 0) is 31.4 Å². The van der Waals surface area contributed by atoms with Gasteiger partial charge in [0.2, 0.25) is 0 Å². The lowest BCUT2D eigenvalue weighted by Gasteiger charge is -2.23. The molecule has 4 rings (SSSR count). The Hall–Kier alpha value is -2.12. The fourth-order valence-electron chi connectivity index (χ4n) is 3.96. The van der Waals surface area contributed by atoms with Crippen LogP contribution in [0.2, 0.25) is 0 Å². The van der Waals surface area contributed by atoms with Crippen LogP contribution in [0.25, 0.3) is 17.0 Å². The predicted molar refractivity (Wildman–Crippen MR) is 121 cm³/mol. The first-order valence-corrected chi connectivity index (χ1v) is 10.9. The minimum Gasteiger partial charge on any atom is -0.370 e. The summed E-state index contributed by atoms with van der Waals surface area (Å²) in [5.41, 5.74) is 2.35. The predicted octanol–water partition coefficient (Wildman–Crippen LogP) is 3.75. The van der Waals surface area contributed by atoms with Crippen molar-refractivity contribution in [2.75, 3.05) is 24.5 Å². The molecule has 7 heteroatoms. The fraction of sp³-hybridized carbons (Fsp3) is 0.381. The molecule has 0 N–H and O–H groups in total. The second-order valence-corrected chi connectivity index (χ2v) is 8.85. The number of anilines is 1. The van der Waals surface area contributed by atoms with E-state index in [9.17, 15) is 9.59 Å². The molecule has 2 saturated heterocycles. The molecule has 2 aliphatic heterocycles. The van der Waals surface area contributed by atoms with E-state index in [1.807, 2.05) is 25.1 Å². The fourth-order valence-corrected chi connectivity index (χ4v) is 5.25. The van der Waals surface area contributed by atoms with E-state index in [4.69, 9.17) is 12.2 Å². The molecule has 1 aromatic carbocycles. The van der Waals surface area contributed by atoms with E-state index in [2.05, 4.69) is 11.0 Å². The molecular weight excluding hydrogens is 390 g/mol. The molecule has 0 aliphatic carbocycles. The number of thioether (sulfide) groups is 1. The normalized spacial score (nSPS) is 18.9. The van der Waals surface area contributed by atoms with Crippen molar-refractivity contribution in [1.29, 1.82) is 0 Å². The van der Waals surface area contributed by atoms with E-state index in [1.165, 1.54) is 11.8 Å². The number of aromatic nitrogens is 1. The molecule has 0 bridgehead atoms. The SMILES string of the molecule is CCCN1C(=O)C(=Cc2c(N3CCCC3)c3ccccc3n(C)c2=O)SC1=S. The van der Waals surface area contributed by atoms with Gasteiger partial charge in [0, 0.05) is 32.1 Å². The van der Waals surface area contributed by atoms with Gasteiger partial charge in [-0.2, -0.15) is 0 Å². The van der Waals surface area contributed by atoms with Gasteiger partial charge in [-0.15, -0.1) is 0 Å². The summed E-state index contributed by atoms with van der Waals surface area (Å²) in [5, 5.41) is 1.04. The minimum atomic E-state index is -0.0977. The number of nitrogens with zero attached hydrogens (tertiary/aromatic N) is 3. The van der Waals surface area contributed by atoms with Crippen molar-refractivity contribution in [3.63, 3.8) is 0 Å². The number of hydrogen-bond donors (Lipinski definition) is 0. The quantitative estimate of drug-likeness (QED) is 0.564. The Bertz CT molecular complexity index is 1050. The molecule has 5 nitrogen and oxygen atoms in total. The molecule has 1 aromatic heterocycles. The Labute approximate surface area is 174 Å². The van der Waals surface area contributed by atoms with E-state index < -0.39 is 0 Å². The van der Waals surface area contributed by atoms with Crippen LogP contribution in [0.15, 0.2) is 34.0 Å². The summed E-state index contributed by atoms with van der Waals surface area (Å²) in [4.78, 5) is 30.5. The number of hydrogen-bond acceptors (Lipinski definition) is 5. The van der Waals surface area contributed by atoms with Crippen molar-refractivity contribution in [3.8, 4) is 0 Å². The average molecular weight is 414 g/mol. The Morgan fingerprint density at radius 3 is 2.61 bits per heavy atom. The standard InChI is InChI=1S/C21H23N3O2S2/c1-3-10-24-20(26)17(28-21(24)27)13-15-18(23-11-6-7-12-23)14-8-4-5-9-16(14)22(2)19(15)25/h4-5,8-9,13H,3,6-7,10-12H2,1-2H3. The number of carbonyl (C=O) groups is 1. The molecule has 2 fully saturated rings. The van der Waals surface area contributed by atoms with E-state index >= 15 is 0 Å². The van der Waals surface area contributed by atoms with Crippen molar-refractivity contribution >= 4 is 56.9 Å². The number of pyridine rings is 1. The van der Waals surface area contributed by atoms with Gasteiger partial charge in [0.25, 0.3) is 11.5 Å². The van der Waals surface area contributed by atoms with Crippen molar-refractivity contribution in [2.24, 2.45) is 7.05 Å². The topological polar surface area (TPSA) is 45.6 Å². The van der Waals surface area contributed by atoms with Crippen LogP contribution < -0.4 is 10.5 Å². The monoisotopic (exact) mass is 413 g/mol. The van der Waals surface area contributed by atoms with Gasteiger partial charge in [0.15, 0.2) is 0 Å². The highest BCUT2D eigenvalue weighted by Crippen LogP contribution is 2.36. The van der Waals surface area contributed by atoms with Gasteiger partial charge in [-0.1, -0.05) is 49.1 Å². The second kappa shape index (κ2) is 7.72. The smallest absolute Gasteiger partial charge is 0.266 e. The first-order valence-electron chi connectivity index (χ1n) is 9.65. The maximum absolute atomic E-state index is 13.3. The molecule has 2 aliphatic rings. The molecule has 0 spiro atoms. The molecule has 1 amide bonds. The van der Waals surface area contributed by atoms with Gasteiger partial charge < -0.3 is 9.47 Å². The van der Waals surface area contributed by atoms with Crippen LogP contribution >= 0.6 is 24.0 Å². The number of aryl methyl sites for hydroxylation is 1. The summed E-state index contributed by atoms with van der Waals surface area (Å²) < 4.78 is 2.24. The Kier molecular flexibility index (Phi) is 5.29. The van der Waals surface area contributed by atoms with Crippen LogP contribution in [0, 0.1) is 0 Å². The number of amides is 1. The summed E-state index contributed by atoms with van der Waals surface area (Å²) >= 11 is 6.68. The summed E-state index contributed by atoms with van der Waals surface area (Å²) in [6.07, 6.45) is 4.83. The van der Waals surface area contributed by atoms with E-state index in [-0.39, 0.29) is 11.5 Å². The number of para-hydroxylation sites is 1. The third kappa shape index (κ3) is 3.16. The Morgan fingerprint density at radius 1 is 1.18 bits per heavy atom. The molecule has 0 atom stereocenters. The summed E-state index contributed by atoms with van der Waals surface area (Å²) in [5.74, 6) is -0.0977. The zero-order valence-corrected chi connectivity index (χ0v) is 17.7. The molecule has 2 aromatic rings. The molecule has 3 heterocycles. The van der Waals surface area contributed by atoms with Crippen LogP contribution in [0.3, 0.4) is 0 Å². The van der Waals surface area contributed by atoms with Crippen LogP contribution in [0.5, 0.6) is 0 Å². The largest absolute Gasteiger partial charge is 0.370 e. The molecule has 146 valence electrons. The first kappa shape index (κ1) is 19.2. The maximum atomic E-state index is 13.3. The summed E-state index contributed by atoms with van der Waals surface area (Å²) in [6, 6.07) is 7.98. The number of benzene rings is 1. The third-order valence-electron chi connectivity index (χ3n) is 5.33. The number of thiocarbonyl (C=S) groups is 1. The van der Waals surface area contributed by atoms with Crippen LogP contribution in [-0.4, -0.2) is 39.3 Å². The van der Waals surface area contributed by atoms with Gasteiger partial charge in [0.1, 0.15) is 4.32 Å². The second-order valence-electron chi connectivity index (χ2n) is 7.17. The van der Waals surface area contributed by atoms with E-state index in [0.29, 0.717) is 21.3 Å². The molecule has 0 unspecified atom stereocenters. The third-order valence-corrected chi connectivity index (χ3v) is 6.71. The van der Waals surface area contributed by atoms with Gasteiger partial charge >= 0.3 is 0 Å². The highest BCUT2D eigenvalue weighted by atomic mass is 32.2. The lowest BCUT2D eigenvalue weighted by molar-refractivity contribution is -0.122. The van der Waals surface area contributed by atoms with Crippen molar-refractivity contribution < 1.29 is 4.79 Å². The zero-order chi connectivity index (χ0) is 19.8. The first-order chi connectivity index (χ1) is 13.5. The van der Waals surface area contributed by atoms with Crippen LogP contribution in [-0.2, 0) is 11.8 Å². The van der Waals surface area contributed by atoms with Crippen molar-refractivity contribution in [3.05, 3.63) is 45.1 Å².